The van der Waals surface area contributed by atoms with Crippen LogP contribution in [0.25, 0.3) is 0 Å². The first-order valence-corrected chi connectivity index (χ1v) is 12.1. The van der Waals surface area contributed by atoms with Crippen LogP contribution in [0.2, 0.25) is 0 Å². The summed E-state index contributed by atoms with van der Waals surface area (Å²) >= 11 is 0. The monoisotopic (exact) mass is 477 g/mol. The molecule has 1 aliphatic carbocycles. The van der Waals surface area contributed by atoms with Crippen LogP contribution in [0, 0.1) is 29.1 Å². The molecule has 2 aliphatic rings. The number of hydrogen-bond acceptors (Lipinski definition) is 6. The number of rotatable bonds is 6. The minimum Gasteiger partial charge on any atom is -0.495 e. The summed E-state index contributed by atoms with van der Waals surface area (Å²) in [6.45, 7) is 13.4. The Balaban J connectivity index is 1.54. The third-order valence-electron chi connectivity index (χ3n) is 7.47. The summed E-state index contributed by atoms with van der Waals surface area (Å²) in [6, 6.07) is 13.2. The molecule has 0 atom stereocenters. The molecule has 1 saturated heterocycles. The van der Waals surface area contributed by atoms with Crippen LogP contribution in [-0.2, 0) is 4.74 Å². The van der Waals surface area contributed by atoms with Crippen LogP contribution in [0.15, 0.2) is 36.4 Å². The maximum Gasteiger partial charge on any atom is 0.253 e. The standard InChI is InChI=1S/C28H35N3O4/c1-18-8-7-9-21(23(18)31-12-14-34-15-13-31)24(32)30-25-27(2,3)26(28(25,4)5)35-20-11-10-19(17-29)22(16-20)33-6/h7-11,16,25-26H,12-15H2,1-6H3,(H,30,32). The molecule has 7 nitrogen and oxygen atoms in total. The first-order valence-electron chi connectivity index (χ1n) is 12.1. The largest absolute Gasteiger partial charge is 0.495 e. The van der Waals surface area contributed by atoms with Gasteiger partial charge in [-0.2, -0.15) is 5.26 Å². The Kier molecular flexibility index (Phi) is 6.70. The van der Waals surface area contributed by atoms with Gasteiger partial charge in [-0.3, -0.25) is 4.79 Å². The van der Waals surface area contributed by atoms with Crippen LogP contribution >= 0.6 is 0 Å². The lowest BCUT2D eigenvalue weighted by atomic mass is 9.49. The molecule has 2 fully saturated rings. The van der Waals surface area contributed by atoms with E-state index in [-0.39, 0.29) is 28.9 Å². The second kappa shape index (κ2) is 9.43. The summed E-state index contributed by atoms with van der Waals surface area (Å²) in [4.78, 5) is 15.8. The second-order valence-electron chi connectivity index (χ2n) is 10.6. The summed E-state index contributed by atoms with van der Waals surface area (Å²) < 4.78 is 17.3. The molecule has 1 heterocycles. The molecule has 2 aromatic carbocycles. The Labute approximate surface area is 208 Å². The molecule has 1 N–H and O–H groups in total. The van der Waals surface area contributed by atoms with Crippen molar-refractivity contribution in [2.24, 2.45) is 10.8 Å². The molecule has 1 saturated carbocycles. The lowest BCUT2D eigenvalue weighted by molar-refractivity contribution is -0.164. The van der Waals surface area contributed by atoms with E-state index in [0.29, 0.717) is 35.8 Å². The molecule has 0 bridgehead atoms. The van der Waals surface area contributed by atoms with E-state index in [9.17, 15) is 10.1 Å². The summed E-state index contributed by atoms with van der Waals surface area (Å²) in [5.74, 6) is 1.06. The first kappa shape index (κ1) is 24.9. The number of anilines is 1. The van der Waals surface area contributed by atoms with Gasteiger partial charge in [0, 0.05) is 36.0 Å². The molecule has 1 aliphatic heterocycles. The maximum atomic E-state index is 13.6. The third-order valence-corrected chi connectivity index (χ3v) is 7.47. The summed E-state index contributed by atoms with van der Waals surface area (Å²) in [5, 5.41) is 12.6. The zero-order valence-corrected chi connectivity index (χ0v) is 21.5. The van der Waals surface area contributed by atoms with Gasteiger partial charge in [-0.1, -0.05) is 39.8 Å². The number of aryl methyl sites for hydroxylation is 1. The number of amides is 1. The van der Waals surface area contributed by atoms with Gasteiger partial charge in [-0.05, 0) is 30.7 Å². The number of nitrogens with one attached hydrogen (secondary N) is 1. The van der Waals surface area contributed by atoms with Crippen LogP contribution in [0.1, 0.15) is 49.2 Å². The van der Waals surface area contributed by atoms with Crippen molar-refractivity contribution in [3.63, 3.8) is 0 Å². The Hall–Kier alpha value is -3.24. The van der Waals surface area contributed by atoms with Gasteiger partial charge in [0.1, 0.15) is 23.7 Å². The van der Waals surface area contributed by atoms with Crippen molar-refractivity contribution < 1.29 is 19.0 Å². The highest BCUT2D eigenvalue weighted by Crippen LogP contribution is 2.55. The Morgan fingerprint density at radius 1 is 1.14 bits per heavy atom. The number of methoxy groups -OCH3 is 1. The van der Waals surface area contributed by atoms with Crippen molar-refractivity contribution in [3.8, 4) is 17.6 Å². The van der Waals surface area contributed by atoms with Crippen molar-refractivity contribution in [3.05, 3.63) is 53.1 Å². The van der Waals surface area contributed by atoms with Crippen molar-refractivity contribution in [1.82, 2.24) is 5.32 Å². The number of nitrogens with zero attached hydrogens (tertiary/aromatic N) is 2. The topological polar surface area (TPSA) is 83.8 Å². The molecule has 7 heteroatoms. The molecule has 0 spiro atoms. The van der Waals surface area contributed by atoms with E-state index in [1.165, 1.54) is 0 Å². The van der Waals surface area contributed by atoms with E-state index < -0.39 is 0 Å². The third kappa shape index (κ3) is 4.43. The Morgan fingerprint density at radius 3 is 2.46 bits per heavy atom. The van der Waals surface area contributed by atoms with Crippen LogP contribution in [0.3, 0.4) is 0 Å². The van der Waals surface area contributed by atoms with E-state index in [2.05, 4.69) is 57.0 Å². The minimum atomic E-state index is -0.316. The van der Waals surface area contributed by atoms with Gasteiger partial charge in [0.2, 0.25) is 0 Å². The molecular weight excluding hydrogens is 442 g/mol. The second-order valence-corrected chi connectivity index (χ2v) is 10.6. The van der Waals surface area contributed by atoms with Gasteiger partial charge in [0.15, 0.2) is 0 Å². The fourth-order valence-corrected chi connectivity index (χ4v) is 6.03. The van der Waals surface area contributed by atoms with Gasteiger partial charge in [0.25, 0.3) is 5.91 Å². The van der Waals surface area contributed by atoms with Gasteiger partial charge in [-0.25, -0.2) is 0 Å². The van der Waals surface area contributed by atoms with Crippen LogP contribution < -0.4 is 19.7 Å². The lowest BCUT2D eigenvalue weighted by Crippen LogP contribution is -2.74. The SMILES string of the molecule is COc1cc(OC2C(C)(C)C(NC(=O)c3cccc(C)c3N3CCOCC3)C2(C)C)ccc1C#N. The fraction of sp³-hybridized carbons (Fsp3) is 0.500. The summed E-state index contributed by atoms with van der Waals surface area (Å²) in [5.41, 5.74) is 2.60. The molecule has 0 unspecified atom stereocenters. The predicted octanol–water partition coefficient (Wildman–Crippen LogP) is 4.32. The number of ether oxygens (including phenoxy) is 3. The molecule has 0 radical (unpaired) electrons. The molecule has 4 rings (SSSR count). The average molecular weight is 478 g/mol. The van der Waals surface area contributed by atoms with Crippen molar-refractivity contribution >= 4 is 11.6 Å². The van der Waals surface area contributed by atoms with Crippen LogP contribution in [-0.4, -0.2) is 51.5 Å². The van der Waals surface area contributed by atoms with Gasteiger partial charge in [-0.15, -0.1) is 0 Å². The number of hydrogen-bond donors (Lipinski definition) is 1. The Bertz CT molecular complexity index is 1130. The number of carbonyl (C=O) groups is 1. The van der Waals surface area contributed by atoms with E-state index in [1.54, 1.807) is 25.3 Å². The van der Waals surface area contributed by atoms with Gasteiger partial charge in [0.05, 0.1) is 37.1 Å². The number of benzene rings is 2. The number of para-hydroxylation sites is 1. The van der Waals surface area contributed by atoms with Crippen molar-refractivity contribution in [2.45, 2.75) is 46.8 Å². The first-order chi connectivity index (χ1) is 16.6. The number of morpholine rings is 1. The van der Waals surface area contributed by atoms with Crippen molar-refractivity contribution in [1.29, 1.82) is 5.26 Å². The van der Waals surface area contributed by atoms with Crippen molar-refractivity contribution in [2.75, 3.05) is 38.3 Å². The van der Waals surface area contributed by atoms with E-state index >= 15 is 0 Å². The highest BCUT2D eigenvalue weighted by atomic mass is 16.5. The zero-order valence-electron chi connectivity index (χ0n) is 21.5. The average Bonchev–Trinajstić information content (AvgIpc) is 2.85. The van der Waals surface area contributed by atoms with Crippen LogP contribution in [0.4, 0.5) is 5.69 Å². The minimum absolute atomic E-state index is 0.0696. The maximum absolute atomic E-state index is 13.6. The summed E-state index contributed by atoms with van der Waals surface area (Å²) in [7, 11) is 1.54. The highest BCUT2D eigenvalue weighted by Gasteiger charge is 2.64. The fourth-order valence-electron chi connectivity index (χ4n) is 6.03. The molecular formula is C28H35N3O4. The molecule has 1 amide bonds. The van der Waals surface area contributed by atoms with E-state index in [4.69, 9.17) is 14.2 Å². The molecule has 0 aromatic heterocycles. The van der Waals surface area contributed by atoms with E-state index in [1.807, 2.05) is 12.1 Å². The Morgan fingerprint density at radius 2 is 1.83 bits per heavy atom. The normalized spacial score (nSPS) is 22.5. The van der Waals surface area contributed by atoms with Crippen LogP contribution in [0.5, 0.6) is 11.5 Å². The highest BCUT2D eigenvalue weighted by molar-refractivity contribution is 6.01. The smallest absolute Gasteiger partial charge is 0.253 e. The quantitative estimate of drug-likeness (QED) is 0.667. The summed E-state index contributed by atoms with van der Waals surface area (Å²) in [6.07, 6.45) is -0.144. The molecule has 2 aromatic rings. The predicted molar refractivity (Wildman–Crippen MR) is 135 cm³/mol. The van der Waals surface area contributed by atoms with E-state index in [0.717, 1.165) is 24.3 Å². The van der Waals surface area contributed by atoms with Gasteiger partial charge < -0.3 is 24.4 Å². The number of nitriles is 1. The zero-order chi connectivity index (χ0) is 25.4. The number of carbonyl (C=O) groups excluding carboxylic acids is 1. The molecule has 35 heavy (non-hydrogen) atoms. The van der Waals surface area contributed by atoms with Gasteiger partial charge >= 0.3 is 0 Å². The molecule has 186 valence electrons. The lowest BCUT2D eigenvalue weighted by Gasteiger charge is -2.63.